The summed E-state index contributed by atoms with van der Waals surface area (Å²) in [5.74, 6) is 1.30. The summed E-state index contributed by atoms with van der Waals surface area (Å²) in [4.78, 5) is 13.2. The summed E-state index contributed by atoms with van der Waals surface area (Å²) in [6.07, 6.45) is 0.320. The third-order valence-corrected chi connectivity index (χ3v) is 3.93. The zero-order valence-electron chi connectivity index (χ0n) is 12.2. The Morgan fingerprint density at radius 3 is 2.57 bits per heavy atom. The van der Waals surface area contributed by atoms with Gasteiger partial charge < -0.3 is 14.8 Å². The van der Waals surface area contributed by atoms with Crippen LogP contribution in [0.3, 0.4) is 0 Å². The fourth-order valence-corrected chi connectivity index (χ4v) is 2.53. The number of amides is 1. The largest absolute Gasteiger partial charge is 0.497 e. The lowest BCUT2D eigenvalue weighted by atomic mass is 10.3. The molecule has 2 rings (SSSR count). The first kappa shape index (κ1) is 15.4. The van der Waals surface area contributed by atoms with E-state index in [0.29, 0.717) is 12.3 Å². The third-order valence-electron chi connectivity index (χ3n) is 2.99. The van der Waals surface area contributed by atoms with E-state index in [4.69, 9.17) is 9.47 Å². The molecule has 1 atom stereocenters. The number of methoxy groups -OCH3 is 1. The molecule has 0 saturated carbocycles. The Bertz CT molecular complexity index is 551. The minimum absolute atomic E-state index is 0.109. The molecule has 0 aliphatic carbocycles. The topological polar surface area (TPSA) is 47.6 Å². The molecule has 0 spiro atoms. The van der Waals surface area contributed by atoms with Crippen molar-refractivity contribution in [1.82, 2.24) is 5.32 Å². The van der Waals surface area contributed by atoms with Gasteiger partial charge >= 0.3 is 0 Å². The molecule has 1 N–H and O–H groups in total. The zero-order valence-corrected chi connectivity index (χ0v) is 13.0. The van der Waals surface area contributed by atoms with Gasteiger partial charge in [0.1, 0.15) is 11.5 Å². The van der Waals surface area contributed by atoms with Crippen molar-refractivity contribution in [3.05, 3.63) is 46.7 Å². The van der Waals surface area contributed by atoms with Crippen LogP contribution < -0.4 is 14.8 Å². The predicted octanol–water partition coefficient (Wildman–Crippen LogP) is 2.88. The molecule has 0 aliphatic rings. The van der Waals surface area contributed by atoms with Crippen LogP contribution in [-0.2, 0) is 11.2 Å². The van der Waals surface area contributed by atoms with Crippen LogP contribution >= 0.6 is 11.3 Å². The minimum Gasteiger partial charge on any atom is -0.497 e. The average molecular weight is 305 g/mol. The number of hydrogen-bond acceptors (Lipinski definition) is 4. The molecule has 21 heavy (non-hydrogen) atoms. The van der Waals surface area contributed by atoms with E-state index in [-0.39, 0.29) is 5.91 Å². The van der Waals surface area contributed by atoms with Gasteiger partial charge in [-0.3, -0.25) is 4.79 Å². The van der Waals surface area contributed by atoms with Gasteiger partial charge in [0.15, 0.2) is 6.10 Å². The summed E-state index contributed by atoms with van der Waals surface area (Å²) in [6, 6.07) is 11.3. The number of carbonyl (C=O) groups excluding carboxylic acids is 1. The van der Waals surface area contributed by atoms with Crippen LogP contribution in [0.25, 0.3) is 0 Å². The molecule has 1 aromatic carbocycles. The maximum atomic E-state index is 11.9. The van der Waals surface area contributed by atoms with E-state index in [0.717, 1.165) is 12.2 Å². The van der Waals surface area contributed by atoms with Gasteiger partial charge in [0.25, 0.3) is 5.91 Å². The van der Waals surface area contributed by atoms with Crippen LogP contribution in [-0.4, -0.2) is 25.7 Å². The lowest BCUT2D eigenvalue weighted by molar-refractivity contribution is -0.127. The summed E-state index contributed by atoms with van der Waals surface area (Å²) in [7, 11) is 1.61. The second kappa shape index (κ2) is 7.69. The van der Waals surface area contributed by atoms with Crippen molar-refractivity contribution < 1.29 is 14.3 Å². The van der Waals surface area contributed by atoms with Crippen molar-refractivity contribution >= 4 is 17.2 Å². The van der Waals surface area contributed by atoms with Gasteiger partial charge in [-0.25, -0.2) is 0 Å². The van der Waals surface area contributed by atoms with Crippen LogP contribution in [0.1, 0.15) is 11.8 Å². The van der Waals surface area contributed by atoms with Crippen molar-refractivity contribution in [3.63, 3.8) is 0 Å². The Morgan fingerprint density at radius 2 is 1.95 bits per heavy atom. The standard InChI is InChI=1S/C16H19NO3S/c1-12(20-14-7-5-13(19-2)6-8-14)16(18)17-10-9-15-4-3-11-21-15/h3-8,11-12H,9-10H2,1-2H3,(H,17,18). The van der Waals surface area contributed by atoms with E-state index in [1.807, 2.05) is 11.4 Å². The molecule has 0 aliphatic heterocycles. The van der Waals surface area contributed by atoms with E-state index >= 15 is 0 Å². The van der Waals surface area contributed by atoms with Gasteiger partial charge in [0, 0.05) is 11.4 Å². The molecular weight excluding hydrogens is 286 g/mol. The molecule has 1 aromatic heterocycles. The van der Waals surface area contributed by atoms with Gasteiger partial charge in [-0.15, -0.1) is 11.3 Å². The van der Waals surface area contributed by atoms with Crippen molar-refractivity contribution in [2.75, 3.05) is 13.7 Å². The molecule has 112 valence electrons. The molecule has 0 radical (unpaired) electrons. The highest BCUT2D eigenvalue weighted by Crippen LogP contribution is 2.18. The Hall–Kier alpha value is -2.01. The van der Waals surface area contributed by atoms with Gasteiger partial charge in [-0.05, 0) is 49.1 Å². The number of rotatable bonds is 7. The first-order valence-electron chi connectivity index (χ1n) is 6.80. The number of carbonyl (C=O) groups is 1. The monoisotopic (exact) mass is 305 g/mol. The normalized spacial score (nSPS) is 11.7. The first-order chi connectivity index (χ1) is 10.2. The number of thiophene rings is 1. The Morgan fingerprint density at radius 1 is 1.24 bits per heavy atom. The molecule has 4 nitrogen and oxygen atoms in total. The molecule has 0 fully saturated rings. The fraction of sp³-hybridized carbons (Fsp3) is 0.312. The van der Waals surface area contributed by atoms with Crippen molar-refractivity contribution in [2.45, 2.75) is 19.4 Å². The number of ether oxygens (including phenoxy) is 2. The first-order valence-corrected chi connectivity index (χ1v) is 7.68. The van der Waals surface area contributed by atoms with E-state index in [9.17, 15) is 4.79 Å². The van der Waals surface area contributed by atoms with Gasteiger partial charge in [0.2, 0.25) is 0 Å². The zero-order chi connectivity index (χ0) is 15.1. The van der Waals surface area contributed by atoms with E-state index in [2.05, 4.69) is 11.4 Å². The Balaban J connectivity index is 1.76. The molecule has 2 aromatic rings. The summed E-state index contributed by atoms with van der Waals surface area (Å²) < 4.78 is 10.7. The van der Waals surface area contributed by atoms with Crippen molar-refractivity contribution in [1.29, 1.82) is 0 Å². The molecule has 5 heteroatoms. The third kappa shape index (κ3) is 4.79. The summed E-state index contributed by atoms with van der Waals surface area (Å²) in [5, 5.41) is 4.92. The molecule has 1 heterocycles. The van der Waals surface area contributed by atoms with Crippen LogP contribution in [0.2, 0.25) is 0 Å². The summed E-state index contributed by atoms with van der Waals surface area (Å²) >= 11 is 1.69. The fourth-order valence-electron chi connectivity index (χ4n) is 1.82. The highest BCUT2D eigenvalue weighted by Gasteiger charge is 2.14. The lowest BCUT2D eigenvalue weighted by Crippen LogP contribution is -2.37. The van der Waals surface area contributed by atoms with E-state index in [1.54, 1.807) is 49.6 Å². The van der Waals surface area contributed by atoms with Gasteiger partial charge in [0.05, 0.1) is 7.11 Å². The molecule has 1 unspecified atom stereocenters. The van der Waals surface area contributed by atoms with E-state index in [1.165, 1.54) is 4.88 Å². The Labute approximate surface area is 128 Å². The van der Waals surface area contributed by atoms with Crippen LogP contribution in [0, 0.1) is 0 Å². The van der Waals surface area contributed by atoms with Crippen LogP contribution in [0.4, 0.5) is 0 Å². The number of benzene rings is 1. The smallest absolute Gasteiger partial charge is 0.260 e. The number of hydrogen-bond donors (Lipinski definition) is 1. The molecule has 0 bridgehead atoms. The Kier molecular flexibility index (Phi) is 5.63. The van der Waals surface area contributed by atoms with E-state index < -0.39 is 6.10 Å². The average Bonchev–Trinajstić information content (AvgIpc) is 3.01. The van der Waals surface area contributed by atoms with Gasteiger partial charge in [-0.2, -0.15) is 0 Å². The van der Waals surface area contributed by atoms with Crippen LogP contribution in [0.15, 0.2) is 41.8 Å². The summed E-state index contributed by atoms with van der Waals surface area (Å²) in [6.45, 7) is 2.36. The van der Waals surface area contributed by atoms with Crippen molar-refractivity contribution in [2.24, 2.45) is 0 Å². The SMILES string of the molecule is COc1ccc(OC(C)C(=O)NCCc2cccs2)cc1. The second-order valence-electron chi connectivity index (χ2n) is 4.56. The molecule has 1 amide bonds. The van der Waals surface area contributed by atoms with Gasteiger partial charge in [-0.1, -0.05) is 6.07 Å². The van der Waals surface area contributed by atoms with Crippen molar-refractivity contribution in [3.8, 4) is 11.5 Å². The maximum absolute atomic E-state index is 11.9. The van der Waals surface area contributed by atoms with Crippen LogP contribution in [0.5, 0.6) is 11.5 Å². The molecule has 0 saturated heterocycles. The maximum Gasteiger partial charge on any atom is 0.260 e. The number of nitrogens with one attached hydrogen (secondary N) is 1. The minimum atomic E-state index is -0.526. The molecular formula is C16H19NO3S. The summed E-state index contributed by atoms with van der Waals surface area (Å²) in [5.41, 5.74) is 0. The highest BCUT2D eigenvalue weighted by atomic mass is 32.1. The highest BCUT2D eigenvalue weighted by molar-refractivity contribution is 7.09. The quantitative estimate of drug-likeness (QED) is 0.855. The second-order valence-corrected chi connectivity index (χ2v) is 5.59. The lowest BCUT2D eigenvalue weighted by Gasteiger charge is -2.14. The predicted molar refractivity (Wildman–Crippen MR) is 84.1 cm³/mol.